The van der Waals surface area contributed by atoms with E-state index >= 15 is 0 Å². The number of nitrogens with zero attached hydrogens (tertiary/aromatic N) is 1. The summed E-state index contributed by atoms with van der Waals surface area (Å²) in [7, 11) is -1.19. The van der Waals surface area contributed by atoms with Crippen molar-refractivity contribution in [1.82, 2.24) is 4.31 Å². The predicted octanol–water partition coefficient (Wildman–Crippen LogP) is 3.38. The van der Waals surface area contributed by atoms with Crippen molar-refractivity contribution < 1.29 is 13.7 Å². The molecule has 142 valence electrons. The van der Waals surface area contributed by atoms with Crippen molar-refractivity contribution in [2.24, 2.45) is 5.92 Å². The molecule has 3 rings (SSSR count). The van der Waals surface area contributed by atoms with Crippen LogP contribution in [0.1, 0.15) is 45.2 Å². The SMILES string of the molecule is C=CC[C@@H]1CN([S@@](=O)C(C)(C)C)[C@H]2Cc3ccccc3[C@@]12C(=O)OCC. The summed E-state index contributed by atoms with van der Waals surface area (Å²) in [6.45, 7) is 12.7. The highest BCUT2D eigenvalue weighted by atomic mass is 32.2. The van der Waals surface area contributed by atoms with Gasteiger partial charge in [0.05, 0.1) is 11.4 Å². The lowest BCUT2D eigenvalue weighted by atomic mass is 9.70. The number of benzene rings is 1. The summed E-state index contributed by atoms with van der Waals surface area (Å²) in [5.41, 5.74) is 1.45. The van der Waals surface area contributed by atoms with Gasteiger partial charge in [0.15, 0.2) is 0 Å². The Hall–Kier alpha value is -1.46. The third kappa shape index (κ3) is 2.76. The normalized spacial score (nSPS) is 29.1. The lowest BCUT2D eigenvalue weighted by molar-refractivity contribution is -0.152. The van der Waals surface area contributed by atoms with Gasteiger partial charge in [0.25, 0.3) is 0 Å². The molecule has 0 N–H and O–H groups in total. The van der Waals surface area contributed by atoms with Crippen LogP contribution in [0.25, 0.3) is 0 Å². The van der Waals surface area contributed by atoms with Gasteiger partial charge in [-0.1, -0.05) is 30.3 Å². The van der Waals surface area contributed by atoms with Crippen LogP contribution >= 0.6 is 0 Å². The van der Waals surface area contributed by atoms with Crippen molar-refractivity contribution in [2.45, 2.75) is 56.7 Å². The summed E-state index contributed by atoms with van der Waals surface area (Å²) in [6.07, 6.45) is 3.29. The van der Waals surface area contributed by atoms with Crippen molar-refractivity contribution in [3.8, 4) is 0 Å². The standard InChI is InChI=1S/C21H29NO3S/c1-6-10-16-14-22(26(24)20(3,4)5)18-13-15-11-8-9-12-17(15)21(16,18)19(23)25-7-2/h6,8-9,11-12,16,18H,1,7,10,13-14H2,2-5H3/t16-,18+,21+,26+/m1/s1. The summed E-state index contributed by atoms with van der Waals surface area (Å²) in [6, 6.07) is 7.98. The molecule has 1 aliphatic carbocycles. The number of rotatable bonds is 5. The van der Waals surface area contributed by atoms with Crippen molar-refractivity contribution in [3.05, 3.63) is 48.0 Å². The third-order valence-electron chi connectivity index (χ3n) is 5.60. The van der Waals surface area contributed by atoms with Crippen LogP contribution in [0, 0.1) is 5.92 Å². The molecule has 0 aromatic heterocycles. The van der Waals surface area contributed by atoms with Crippen LogP contribution in [0.15, 0.2) is 36.9 Å². The first-order chi connectivity index (χ1) is 12.3. The van der Waals surface area contributed by atoms with Gasteiger partial charge in [0.2, 0.25) is 0 Å². The molecule has 1 aromatic carbocycles. The van der Waals surface area contributed by atoms with Gasteiger partial charge in [-0.3, -0.25) is 4.79 Å². The van der Waals surface area contributed by atoms with Crippen LogP contribution in [0.4, 0.5) is 0 Å². The first kappa shape index (κ1) is 19.3. The van der Waals surface area contributed by atoms with E-state index in [1.807, 2.05) is 56.3 Å². The van der Waals surface area contributed by atoms with Crippen molar-refractivity contribution >= 4 is 17.0 Å². The van der Waals surface area contributed by atoms with Crippen molar-refractivity contribution in [1.29, 1.82) is 0 Å². The average molecular weight is 376 g/mol. The van der Waals surface area contributed by atoms with E-state index in [0.717, 1.165) is 17.5 Å². The molecule has 26 heavy (non-hydrogen) atoms. The number of esters is 1. The van der Waals surface area contributed by atoms with Gasteiger partial charge >= 0.3 is 5.97 Å². The maximum Gasteiger partial charge on any atom is 0.318 e. The lowest BCUT2D eigenvalue weighted by Gasteiger charge is -2.35. The van der Waals surface area contributed by atoms with Gasteiger partial charge in [-0.2, -0.15) is 0 Å². The number of allylic oxidation sites excluding steroid dienone is 1. The van der Waals surface area contributed by atoms with Gasteiger partial charge in [0, 0.05) is 12.6 Å². The first-order valence-corrected chi connectivity index (χ1v) is 10.4. The fourth-order valence-electron chi connectivity index (χ4n) is 4.62. The fourth-order valence-corrected chi connectivity index (χ4v) is 6.11. The Balaban J connectivity index is 2.17. The Labute approximate surface area is 159 Å². The molecular weight excluding hydrogens is 346 g/mol. The second-order valence-electron chi connectivity index (χ2n) is 8.15. The van der Waals surface area contributed by atoms with E-state index in [2.05, 4.69) is 12.6 Å². The molecule has 1 saturated heterocycles. The molecule has 0 bridgehead atoms. The minimum atomic E-state index is -1.19. The summed E-state index contributed by atoms with van der Waals surface area (Å²) < 4.78 is 20.5. The van der Waals surface area contributed by atoms with Crippen molar-refractivity contribution in [2.75, 3.05) is 13.2 Å². The van der Waals surface area contributed by atoms with Crippen LogP contribution < -0.4 is 0 Å². The van der Waals surface area contributed by atoms with Gasteiger partial charge in [0.1, 0.15) is 16.4 Å². The molecule has 2 aliphatic rings. The number of carbonyl (C=O) groups excluding carboxylic acids is 1. The van der Waals surface area contributed by atoms with Gasteiger partial charge in [-0.25, -0.2) is 8.51 Å². The molecule has 1 aliphatic heterocycles. The van der Waals surface area contributed by atoms with Crippen LogP contribution in [0.2, 0.25) is 0 Å². The first-order valence-electron chi connectivity index (χ1n) is 9.33. The number of hydrogen-bond donors (Lipinski definition) is 0. The molecule has 1 heterocycles. The predicted molar refractivity (Wildman–Crippen MR) is 105 cm³/mol. The molecule has 1 aromatic rings. The maximum absolute atomic E-state index is 13.3. The van der Waals surface area contributed by atoms with Gasteiger partial charge in [-0.15, -0.1) is 6.58 Å². The summed E-state index contributed by atoms with van der Waals surface area (Å²) in [5, 5.41) is 0. The zero-order chi connectivity index (χ0) is 19.1. The van der Waals surface area contributed by atoms with Crippen LogP contribution in [0.3, 0.4) is 0 Å². The van der Waals surface area contributed by atoms with Gasteiger partial charge in [-0.05, 0) is 57.6 Å². The third-order valence-corrected chi connectivity index (χ3v) is 7.47. The van der Waals surface area contributed by atoms with E-state index in [-0.39, 0.29) is 22.7 Å². The van der Waals surface area contributed by atoms with E-state index in [1.54, 1.807) is 0 Å². The topological polar surface area (TPSA) is 46.6 Å². The Morgan fingerprint density at radius 1 is 1.42 bits per heavy atom. The second-order valence-corrected chi connectivity index (χ2v) is 10.3. The van der Waals surface area contributed by atoms with E-state index in [9.17, 15) is 9.00 Å². The lowest BCUT2D eigenvalue weighted by Crippen LogP contribution is -2.50. The van der Waals surface area contributed by atoms with E-state index in [4.69, 9.17) is 4.74 Å². The van der Waals surface area contributed by atoms with Crippen molar-refractivity contribution in [3.63, 3.8) is 0 Å². The van der Waals surface area contributed by atoms with E-state index < -0.39 is 16.4 Å². The quantitative estimate of drug-likeness (QED) is 0.585. The van der Waals surface area contributed by atoms with Crippen LogP contribution in [-0.4, -0.2) is 38.4 Å². The number of fused-ring (bicyclic) bond motifs is 3. The van der Waals surface area contributed by atoms with E-state index in [1.165, 1.54) is 0 Å². The highest BCUT2D eigenvalue weighted by Gasteiger charge is 2.65. The summed E-state index contributed by atoms with van der Waals surface area (Å²) in [4.78, 5) is 13.3. The number of ether oxygens (including phenoxy) is 1. The monoisotopic (exact) mass is 375 g/mol. The molecule has 4 nitrogen and oxygen atoms in total. The Morgan fingerprint density at radius 2 is 2.12 bits per heavy atom. The average Bonchev–Trinajstić information content (AvgIpc) is 3.08. The summed E-state index contributed by atoms with van der Waals surface area (Å²) >= 11 is 0. The number of hydrogen-bond acceptors (Lipinski definition) is 3. The highest BCUT2D eigenvalue weighted by Crippen LogP contribution is 2.54. The molecular formula is C21H29NO3S. The number of carbonyl (C=O) groups is 1. The summed E-state index contributed by atoms with van der Waals surface area (Å²) in [5.74, 6) is -0.172. The molecule has 0 unspecified atom stereocenters. The van der Waals surface area contributed by atoms with Crippen LogP contribution in [0.5, 0.6) is 0 Å². The minimum Gasteiger partial charge on any atom is -0.465 e. The minimum absolute atomic E-state index is 0.0130. The van der Waals surface area contributed by atoms with Crippen LogP contribution in [-0.2, 0) is 32.4 Å². The second kappa shape index (κ2) is 6.93. The zero-order valence-electron chi connectivity index (χ0n) is 16.2. The maximum atomic E-state index is 13.3. The fraction of sp³-hybridized carbons (Fsp3) is 0.571. The molecule has 5 heteroatoms. The zero-order valence-corrected chi connectivity index (χ0v) is 17.0. The Morgan fingerprint density at radius 3 is 2.73 bits per heavy atom. The Bertz CT molecular complexity index is 739. The molecule has 0 spiro atoms. The molecule has 0 saturated carbocycles. The highest BCUT2D eigenvalue weighted by molar-refractivity contribution is 7.84. The molecule has 0 radical (unpaired) electrons. The largest absolute Gasteiger partial charge is 0.465 e. The van der Waals surface area contributed by atoms with Gasteiger partial charge < -0.3 is 4.74 Å². The Kier molecular flexibility index (Phi) is 5.15. The molecule has 0 amide bonds. The van der Waals surface area contributed by atoms with E-state index in [0.29, 0.717) is 19.6 Å². The molecule has 4 atom stereocenters. The molecule has 1 fully saturated rings. The smallest absolute Gasteiger partial charge is 0.318 e.